The van der Waals surface area contributed by atoms with Crippen LogP contribution in [0.5, 0.6) is 0 Å². The van der Waals surface area contributed by atoms with Gasteiger partial charge >= 0.3 is 0 Å². The number of nitrogens with zero attached hydrogens (tertiary/aromatic N) is 3. The molecule has 80 valence electrons. The lowest BCUT2D eigenvalue weighted by Crippen LogP contribution is -2.30. The Labute approximate surface area is 88.3 Å². The van der Waals surface area contributed by atoms with E-state index in [2.05, 4.69) is 46.3 Å². The molecule has 0 aromatic carbocycles. The molecule has 0 spiro atoms. The first-order chi connectivity index (χ1) is 7.12. The van der Waals surface area contributed by atoms with Gasteiger partial charge in [0.05, 0.1) is 11.6 Å². The molecule has 5 nitrogen and oxygen atoms in total. The average Bonchev–Trinajstić information content (AvgIpc) is 2.66. The number of aromatic nitrogens is 4. The number of nitrogens with one attached hydrogen (secondary N) is 2. The minimum Gasteiger partial charge on any atom is -0.364 e. The number of hydrogen-bond donors (Lipinski definition) is 2. The summed E-state index contributed by atoms with van der Waals surface area (Å²) < 4.78 is 0. The van der Waals surface area contributed by atoms with Crippen LogP contribution < -0.4 is 5.32 Å². The first-order valence-electron chi connectivity index (χ1n) is 5.04. The highest BCUT2D eigenvalue weighted by atomic mass is 15.2. The van der Waals surface area contributed by atoms with E-state index < -0.39 is 0 Å². The van der Waals surface area contributed by atoms with Gasteiger partial charge in [0, 0.05) is 5.54 Å². The van der Waals surface area contributed by atoms with E-state index in [4.69, 9.17) is 0 Å². The van der Waals surface area contributed by atoms with E-state index >= 15 is 0 Å². The van der Waals surface area contributed by atoms with E-state index in [1.54, 1.807) is 6.20 Å². The van der Waals surface area contributed by atoms with Crippen LogP contribution >= 0.6 is 0 Å². The van der Waals surface area contributed by atoms with E-state index in [1.807, 2.05) is 0 Å². The van der Waals surface area contributed by atoms with Gasteiger partial charge in [-0.3, -0.25) is 5.10 Å². The summed E-state index contributed by atoms with van der Waals surface area (Å²) in [6.07, 6.45) is 4.30. The topological polar surface area (TPSA) is 66.5 Å². The molecule has 2 aromatic heterocycles. The zero-order chi connectivity index (χ0) is 10.9. The summed E-state index contributed by atoms with van der Waals surface area (Å²) in [6, 6.07) is 0. The number of fused-ring (bicyclic) bond motifs is 1. The predicted octanol–water partition coefficient (Wildman–Crippen LogP) is 1.95. The van der Waals surface area contributed by atoms with Crippen LogP contribution in [0.1, 0.15) is 27.2 Å². The van der Waals surface area contributed by atoms with Crippen LogP contribution in [0.2, 0.25) is 0 Å². The zero-order valence-corrected chi connectivity index (χ0v) is 9.20. The van der Waals surface area contributed by atoms with Gasteiger partial charge in [-0.15, -0.1) is 0 Å². The lowest BCUT2D eigenvalue weighted by molar-refractivity contribution is 0.545. The molecule has 2 rings (SSSR count). The molecule has 5 heteroatoms. The van der Waals surface area contributed by atoms with Gasteiger partial charge in [-0.2, -0.15) is 5.10 Å². The summed E-state index contributed by atoms with van der Waals surface area (Å²) in [5.41, 5.74) is 0.790. The van der Waals surface area contributed by atoms with Crippen molar-refractivity contribution in [1.29, 1.82) is 0 Å². The second kappa shape index (κ2) is 3.49. The van der Waals surface area contributed by atoms with Gasteiger partial charge in [-0.1, -0.05) is 6.92 Å². The summed E-state index contributed by atoms with van der Waals surface area (Å²) >= 11 is 0. The highest BCUT2D eigenvalue weighted by molar-refractivity contribution is 5.85. The molecule has 0 unspecified atom stereocenters. The lowest BCUT2D eigenvalue weighted by atomic mass is 10.0. The van der Waals surface area contributed by atoms with Crippen molar-refractivity contribution in [3.8, 4) is 0 Å². The molecular formula is C10H15N5. The number of rotatable bonds is 3. The molecule has 0 aliphatic carbocycles. The molecule has 0 saturated heterocycles. The molecule has 0 radical (unpaired) electrons. The molecule has 0 atom stereocenters. The highest BCUT2D eigenvalue weighted by Crippen LogP contribution is 2.21. The van der Waals surface area contributed by atoms with Crippen molar-refractivity contribution >= 4 is 16.9 Å². The van der Waals surface area contributed by atoms with E-state index in [1.165, 1.54) is 6.33 Å². The van der Waals surface area contributed by atoms with Crippen molar-refractivity contribution in [3.05, 3.63) is 12.5 Å². The number of H-pyrrole nitrogens is 1. The van der Waals surface area contributed by atoms with Crippen LogP contribution in [0.3, 0.4) is 0 Å². The quantitative estimate of drug-likeness (QED) is 0.803. The monoisotopic (exact) mass is 205 g/mol. The fourth-order valence-corrected chi connectivity index (χ4v) is 1.27. The van der Waals surface area contributed by atoms with Crippen LogP contribution in [-0.2, 0) is 0 Å². The summed E-state index contributed by atoms with van der Waals surface area (Å²) in [5, 5.41) is 11.1. The average molecular weight is 205 g/mol. The molecule has 2 N–H and O–H groups in total. The van der Waals surface area contributed by atoms with Gasteiger partial charge in [0.15, 0.2) is 5.65 Å². The van der Waals surface area contributed by atoms with E-state index in [0.29, 0.717) is 0 Å². The third-order valence-corrected chi connectivity index (χ3v) is 2.59. The standard InChI is InChI=1S/C10H15N5/c1-4-10(2,3)14-8-7-5-13-15-9(7)12-6-11-8/h5-6H,4H2,1-3H3,(H2,11,12,13,14,15). The fraction of sp³-hybridized carbons (Fsp3) is 0.500. The molecule has 0 aliphatic heterocycles. The van der Waals surface area contributed by atoms with Gasteiger partial charge in [0.1, 0.15) is 12.1 Å². The SMILES string of the molecule is CCC(C)(C)Nc1ncnc2[nH]ncc12. The minimum absolute atomic E-state index is 0.0263. The van der Waals surface area contributed by atoms with Gasteiger partial charge in [0.2, 0.25) is 0 Å². The van der Waals surface area contributed by atoms with Crippen molar-refractivity contribution in [2.24, 2.45) is 0 Å². The summed E-state index contributed by atoms with van der Waals surface area (Å²) in [5.74, 6) is 0.834. The zero-order valence-electron chi connectivity index (χ0n) is 9.20. The van der Waals surface area contributed by atoms with Crippen LogP contribution in [0.15, 0.2) is 12.5 Å². The Morgan fingerprint density at radius 3 is 2.93 bits per heavy atom. The van der Waals surface area contributed by atoms with Crippen molar-refractivity contribution in [2.75, 3.05) is 5.32 Å². The Kier molecular flexibility index (Phi) is 2.30. The third kappa shape index (κ3) is 1.91. The molecule has 0 aliphatic rings. The first kappa shape index (κ1) is 9.89. The normalized spacial score (nSPS) is 11.9. The predicted molar refractivity (Wildman–Crippen MR) is 59.7 cm³/mol. The number of hydrogen-bond acceptors (Lipinski definition) is 4. The summed E-state index contributed by atoms with van der Waals surface area (Å²) in [7, 11) is 0. The molecule has 2 heterocycles. The van der Waals surface area contributed by atoms with E-state index in [9.17, 15) is 0 Å². The molecule has 15 heavy (non-hydrogen) atoms. The Balaban J connectivity index is 2.39. The van der Waals surface area contributed by atoms with Gasteiger partial charge in [0.25, 0.3) is 0 Å². The van der Waals surface area contributed by atoms with Crippen LogP contribution in [0.25, 0.3) is 11.0 Å². The Hall–Kier alpha value is -1.65. The second-order valence-corrected chi connectivity index (χ2v) is 4.22. The van der Waals surface area contributed by atoms with Crippen molar-refractivity contribution in [1.82, 2.24) is 20.2 Å². The van der Waals surface area contributed by atoms with Crippen molar-refractivity contribution in [2.45, 2.75) is 32.7 Å². The van der Waals surface area contributed by atoms with Crippen molar-refractivity contribution in [3.63, 3.8) is 0 Å². The second-order valence-electron chi connectivity index (χ2n) is 4.22. The van der Waals surface area contributed by atoms with Gasteiger partial charge < -0.3 is 5.32 Å². The largest absolute Gasteiger partial charge is 0.364 e. The molecule has 0 saturated carbocycles. The third-order valence-electron chi connectivity index (χ3n) is 2.59. The van der Waals surface area contributed by atoms with Crippen LogP contribution in [-0.4, -0.2) is 25.7 Å². The Morgan fingerprint density at radius 2 is 2.20 bits per heavy atom. The molecule has 0 fully saturated rings. The number of anilines is 1. The molecule has 0 bridgehead atoms. The van der Waals surface area contributed by atoms with Crippen molar-refractivity contribution < 1.29 is 0 Å². The lowest BCUT2D eigenvalue weighted by Gasteiger charge is -2.25. The van der Waals surface area contributed by atoms with Gasteiger partial charge in [-0.05, 0) is 20.3 Å². The molecule has 2 aromatic rings. The summed E-state index contributed by atoms with van der Waals surface area (Å²) in [6.45, 7) is 6.42. The van der Waals surface area contributed by atoms with Crippen LogP contribution in [0.4, 0.5) is 5.82 Å². The maximum Gasteiger partial charge on any atom is 0.160 e. The number of aromatic amines is 1. The maximum absolute atomic E-state index is 4.23. The van der Waals surface area contributed by atoms with Crippen LogP contribution in [0, 0.1) is 0 Å². The Bertz CT molecular complexity index is 460. The van der Waals surface area contributed by atoms with Gasteiger partial charge in [-0.25, -0.2) is 9.97 Å². The highest BCUT2D eigenvalue weighted by Gasteiger charge is 2.16. The fourth-order valence-electron chi connectivity index (χ4n) is 1.27. The Morgan fingerprint density at radius 1 is 1.40 bits per heavy atom. The molecular weight excluding hydrogens is 190 g/mol. The summed E-state index contributed by atoms with van der Waals surface area (Å²) in [4.78, 5) is 8.32. The van der Waals surface area contributed by atoms with E-state index in [-0.39, 0.29) is 5.54 Å². The minimum atomic E-state index is 0.0263. The first-order valence-corrected chi connectivity index (χ1v) is 5.04. The molecule has 0 amide bonds. The smallest absolute Gasteiger partial charge is 0.160 e. The van der Waals surface area contributed by atoms with E-state index in [0.717, 1.165) is 23.3 Å². The maximum atomic E-state index is 4.23.